The van der Waals surface area contributed by atoms with Crippen LogP contribution in [0.25, 0.3) is 0 Å². The van der Waals surface area contributed by atoms with Gasteiger partial charge in [-0.3, -0.25) is 0 Å². The van der Waals surface area contributed by atoms with E-state index >= 15 is 0 Å². The van der Waals surface area contributed by atoms with Gasteiger partial charge in [0, 0.05) is 11.1 Å². The molecule has 0 aliphatic carbocycles. The largest absolute Gasteiger partial charge is 2.00 e. The zero-order chi connectivity index (χ0) is 20.0. The van der Waals surface area contributed by atoms with Crippen molar-refractivity contribution in [3.8, 4) is 0 Å². The Bertz CT molecular complexity index is 815. The van der Waals surface area contributed by atoms with Gasteiger partial charge < -0.3 is 30.0 Å². The molecule has 2 N–H and O–H groups in total. The number of carbonyl (C=O) groups excluding carboxylic acids is 2. The number of rotatable bonds is 4. The van der Waals surface area contributed by atoms with Crippen molar-refractivity contribution in [3.05, 3.63) is 69.8 Å². The summed E-state index contributed by atoms with van der Waals surface area (Å²) in [5.74, 6) is -5.47. The summed E-state index contributed by atoms with van der Waals surface area (Å²) in [7, 11) is 0. The molecular formula is C18H14CoO8. The van der Waals surface area contributed by atoms with Gasteiger partial charge in [-0.1, -0.05) is 29.3 Å². The van der Waals surface area contributed by atoms with E-state index in [0.29, 0.717) is 5.56 Å². The second-order valence-electron chi connectivity index (χ2n) is 5.28. The topological polar surface area (TPSA) is 155 Å². The Balaban J connectivity index is 0.000000483. The maximum absolute atomic E-state index is 10.6. The molecule has 0 saturated carbocycles. The third-order valence-corrected chi connectivity index (χ3v) is 3.25. The Kier molecular flexibility index (Phi) is 8.91. The molecule has 0 bridgehead atoms. The minimum Gasteiger partial charge on any atom is -0.545 e. The maximum Gasteiger partial charge on any atom is 2.00 e. The fourth-order valence-electron chi connectivity index (χ4n) is 2.03. The summed E-state index contributed by atoms with van der Waals surface area (Å²) in [6.07, 6.45) is 0. The standard InChI is InChI=1S/2C9H8O4.Co/c2*1-5-2-3-6(8(10)11)7(4-5)9(12)13;/h2*2-4H,1H3,(H,10,11)(H,12,13);/q;;+2/p-2. The molecule has 8 nitrogen and oxygen atoms in total. The van der Waals surface area contributed by atoms with Gasteiger partial charge in [-0.15, -0.1) is 0 Å². The van der Waals surface area contributed by atoms with Crippen LogP contribution in [-0.2, 0) is 16.8 Å². The third kappa shape index (κ3) is 6.57. The van der Waals surface area contributed by atoms with Crippen molar-refractivity contribution in [3.63, 3.8) is 0 Å². The molecule has 143 valence electrons. The van der Waals surface area contributed by atoms with Crippen molar-refractivity contribution in [1.29, 1.82) is 0 Å². The van der Waals surface area contributed by atoms with Crippen molar-refractivity contribution in [1.82, 2.24) is 0 Å². The number of carboxylic acid groups (broad SMARTS) is 4. The van der Waals surface area contributed by atoms with Crippen molar-refractivity contribution in [2.45, 2.75) is 13.8 Å². The van der Waals surface area contributed by atoms with Gasteiger partial charge in [0.1, 0.15) is 0 Å². The van der Waals surface area contributed by atoms with E-state index in [1.54, 1.807) is 19.9 Å². The predicted octanol–water partition coefficient (Wildman–Crippen LogP) is 0.111. The predicted molar refractivity (Wildman–Crippen MR) is 84.9 cm³/mol. The molecule has 0 heterocycles. The number of hydrogen-bond donors (Lipinski definition) is 2. The van der Waals surface area contributed by atoms with Gasteiger partial charge in [0.15, 0.2) is 0 Å². The fraction of sp³-hybridized carbons (Fsp3) is 0.111. The molecule has 0 atom stereocenters. The van der Waals surface area contributed by atoms with E-state index in [9.17, 15) is 29.4 Å². The molecule has 2 aromatic carbocycles. The van der Waals surface area contributed by atoms with E-state index in [4.69, 9.17) is 10.2 Å². The van der Waals surface area contributed by atoms with Gasteiger partial charge in [-0.05, 0) is 32.0 Å². The molecule has 2 aromatic rings. The second-order valence-corrected chi connectivity index (χ2v) is 5.28. The van der Waals surface area contributed by atoms with Crippen LogP contribution in [0.5, 0.6) is 0 Å². The number of aromatic carboxylic acids is 4. The van der Waals surface area contributed by atoms with Crippen LogP contribution in [-0.4, -0.2) is 34.1 Å². The van der Waals surface area contributed by atoms with Crippen LogP contribution in [0.2, 0.25) is 0 Å². The zero-order valence-electron chi connectivity index (χ0n) is 14.1. The summed E-state index contributed by atoms with van der Waals surface area (Å²) < 4.78 is 0. The molecule has 0 unspecified atom stereocenters. The molecule has 9 heteroatoms. The summed E-state index contributed by atoms with van der Waals surface area (Å²) >= 11 is 0. The first-order chi connectivity index (χ1) is 12.0. The minimum absolute atomic E-state index is 0. The first kappa shape index (κ1) is 23.8. The van der Waals surface area contributed by atoms with Gasteiger partial charge in [0.2, 0.25) is 0 Å². The van der Waals surface area contributed by atoms with Crippen LogP contribution in [0.4, 0.5) is 0 Å². The van der Waals surface area contributed by atoms with E-state index in [2.05, 4.69) is 0 Å². The average molecular weight is 417 g/mol. The molecule has 1 radical (unpaired) electrons. The van der Waals surface area contributed by atoms with Crippen LogP contribution in [0.3, 0.4) is 0 Å². The van der Waals surface area contributed by atoms with Crippen molar-refractivity contribution in [2.75, 3.05) is 0 Å². The Hall–Kier alpha value is -3.17. The van der Waals surface area contributed by atoms with Crippen LogP contribution in [0.15, 0.2) is 36.4 Å². The van der Waals surface area contributed by atoms with Gasteiger partial charge in [-0.25, -0.2) is 9.59 Å². The third-order valence-electron chi connectivity index (χ3n) is 3.25. The maximum atomic E-state index is 10.6. The van der Waals surface area contributed by atoms with Crippen molar-refractivity contribution < 1.29 is 56.4 Å². The normalized spacial score (nSPS) is 9.26. The molecule has 0 aliphatic heterocycles. The quantitative estimate of drug-likeness (QED) is 0.710. The van der Waals surface area contributed by atoms with Gasteiger partial charge in [-0.2, -0.15) is 0 Å². The Morgan fingerprint density at radius 3 is 1.41 bits per heavy atom. The smallest absolute Gasteiger partial charge is 0.545 e. The molecule has 0 saturated heterocycles. The molecule has 27 heavy (non-hydrogen) atoms. The first-order valence-corrected chi connectivity index (χ1v) is 7.15. The van der Waals surface area contributed by atoms with Crippen molar-refractivity contribution >= 4 is 23.9 Å². The van der Waals surface area contributed by atoms with E-state index in [1.165, 1.54) is 30.3 Å². The van der Waals surface area contributed by atoms with E-state index < -0.39 is 23.9 Å². The fourth-order valence-corrected chi connectivity index (χ4v) is 2.03. The Morgan fingerprint density at radius 2 is 1.04 bits per heavy atom. The number of carbonyl (C=O) groups is 4. The molecule has 0 aliphatic rings. The summed E-state index contributed by atoms with van der Waals surface area (Å²) in [4.78, 5) is 42.1. The van der Waals surface area contributed by atoms with Crippen LogP contribution in [0.1, 0.15) is 52.6 Å². The first-order valence-electron chi connectivity index (χ1n) is 7.15. The zero-order valence-corrected chi connectivity index (χ0v) is 15.2. The molecular weight excluding hydrogens is 403 g/mol. The Labute approximate surface area is 164 Å². The Morgan fingerprint density at radius 1 is 0.667 bits per heavy atom. The molecule has 2 rings (SSSR count). The number of aryl methyl sites for hydroxylation is 2. The van der Waals surface area contributed by atoms with E-state index in [0.717, 1.165) is 5.56 Å². The minimum atomic E-state index is -1.51. The monoisotopic (exact) mass is 417 g/mol. The number of benzene rings is 2. The number of hydrogen-bond acceptors (Lipinski definition) is 6. The summed E-state index contributed by atoms with van der Waals surface area (Å²) in [5, 5.41) is 38.2. The number of carboxylic acids is 4. The van der Waals surface area contributed by atoms with Crippen LogP contribution in [0, 0.1) is 13.8 Å². The van der Waals surface area contributed by atoms with Crippen molar-refractivity contribution in [2.24, 2.45) is 0 Å². The SMILES string of the molecule is Cc1ccc(C(=O)O)c(C(=O)O)c1.Cc1ccc(C(=O)[O-])c(C(=O)[O-])c1.[Co+2]. The van der Waals surface area contributed by atoms with Gasteiger partial charge >= 0.3 is 28.7 Å². The average Bonchev–Trinajstić information content (AvgIpc) is 2.54. The second kappa shape index (κ2) is 10.1. The van der Waals surface area contributed by atoms with Crippen LogP contribution < -0.4 is 10.2 Å². The van der Waals surface area contributed by atoms with Gasteiger partial charge in [0.25, 0.3) is 0 Å². The summed E-state index contributed by atoms with van der Waals surface area (Å²) in [6.45, 7) is 3.36. The molecule has 0 fully saturated rings. The van der Waals surface area contributed by atoms with E-state index in [1.807, 2.05) is 0 Å². The summed E-state index contributed by atoms with van der Waals surface area (Å²) in [6, 6.07) is 8.12. The van der Waals surface area contributed by atoms with Gasteiger partial charge in [0.05, 0.1) is 23.1 Å². The molecule has 0 amide bonds. The van der Waals surface area contributed by atoms with E-state index in [-0.39, 0.29) is 39.0 Å². The summed E-state index contributed by atoms with van der Waals surface area (Å²) in [5.41, 5.74) is 0.322. The van der Waals surface area contributed by atoms with Crippen LogP contribution >= 0.6 is 0 Å². The molecule has 0 aromatic heterocycles. The molecule has 0 spiro atoms.